The molecule has 0 spiro atoms. The van der Waals surface area contributed by atoms with Gasteiger partial charge in [-0.2, -0.15) is 0 Å². The van der Waals surface area contributed by atoms with Gasteiger partial charge in [-0.1, -0.05) is 0 Å². The van der Waals surface area contributed by atoms with Gasteiger partial charge >= 0.3 is 11.9 Å². The van der Waals surface area contributed by atoms with E-state index in [9.17, 15) is 28.8 Å². The van der Waals surface area contributed by atoms with Crippen LogP contribution < -0.4 is 0 Å². The SMILES string of the molecule is CC(=O)OC(C(OC(C)=O)N1C(=O)CCC1=O)N1C(=O)CCC1=O. The summed E-state index contributed by atoms with van der Waals surface area (Å²) in [5.41, 5.74) is 0. The van der Waals surface area contributed by atoms with Gasteiger partial charge in [0.25, 0.3) is 0 Å². The summed E-state index contributed by atoms with van der Waals surface area (Å²) in [6.07, 6.45) is -3.84. The third kappa shape index (κ3) is 3.42. The molecule has 0 aliphatic carbocycles. The summed E-state index contributed by atoms with van der Waals surface area (Å²) in [4.78, 5) is 71.9. The number of esters is 2. The zero-order valence-corrected chi connectivity index (χ0v) is 13.1. The van der Waals surface area contributed by atoms with Crippen LogP contribution in [0.4, 0.5) is 0 Å². The lowest BCUT2D eigenvalue weighted by molar-refractivity contribution is -0.206. The van der Waals surface area contributed by atoms with Crippen LogP contribution in [0.1, 0.15) is 39.5 Å². The van der Waals surface area contributed by atoms with E-state index in [0.29, 0.717) is 9.80 Å². The summed E-state index contributed by atoms with van der Waals surface area (Å²) in [6.45, 7) is 2.05. The van der Waals surface area contributed by atoms with Gasteiger partial charge in [-0.3, -0.25) is 28.8 Å². The highest BCUT2D eigenvalue weighted by Gasteiger charge is 2.49. The Hall–Kier alpha value is -2.78. The Kier molecular flexibility index (Phi) is 4.96. The molecular weight excluding hydrogens is 324 g/mol. The van der Waals surface area contributed by atoms with Crippen LogP contribution in [0.15, 0.2) is 0 Å². The predicted octanol–water partition coefficient (Wildman–Crippen LogP) is -0.937. The van der Waals surface area contributed by atoms with Crippen molar-refractivity contribution in [2.24, 2.45) is 0 Å². The van der Waals surface area contributed by atoms with E-state index in [2.05, 4.69) is 0 Å². The molecule has 2 fully saturated rings. The maximum absolute atomic E-state index is 12.0. The first-order valence-corrected chi connectivity index (χ1v) is 7.26. The first-order chi connectivity index (χ1) is 11.2. The lowest BCUT2D eigenvalue weighted by Crippen LogP contribution is -2.58. The summed E-state index contributed by atoms with van der Waals surface area (Å²) in [5, 5.41) is 0. The number of hydrogen-bond acceptors (Lipinski definition) is 8. The second-order valence-corrected chi connectivity index (χ2v) is 5.31. The monoisotopic (exact) mass is 340 g/mol. The van der Waals surface area contributed by atoms with Crippen LogP contribution in [-0.2, 0) is 38.2 Å². The number of carbonyl (C=O) groups excluding carboxylic acids is 6. The van der Waals surface area contributed by atoms with Crippen molar-refractivity contribution in [3.63, 3.8) is 0 Å². The molecule has 10 nitrogen and oxygen atoms in total. The Bertz CT molecular complexity index is 542. The van der Waals surface area contributed by atoms with Gasteiger partial charge in [-0.25, -0.2) is 9.80 Å². The molecule has 0 radical (unpaired) electrons. The summed E-state index contributed by atoms with van der Waals surface area (Å²) >= 11 is 0. The molecule has 0 saturated carbocycles. The number of likely N-dealkylation sites (tertiary alicyclic amines) is 2. The molecule has 130 valence electrons. The van der Waals surface area contributed by atoms with Crippen molar-refractivity contribution in [1.82, 2.24) is 9.80 Å². The largest absolute Gasteiger partial charge is 0.435 e. The molecule has 2 unspecified atom stereocenters. The summed E-state index contributed by atoms with van der Waals surface area (Å²) in [5.74, 6) is -4.34. The van der Waals surface area contributed by atoms with E-state index < -0.39 is 48.0 Å². The van der Waals surface area contributed by atoms with Crippen LogP contribution in [0.25, 0.3) is 0 Å². The van der Waals surface area contributed by atoms with E-state index >= 15 is 0 Å². The highest BCUT2D eigenvalue weighted by atomic mass is 16.6. The molecule has 0 aromatic carbocycles. The van der Waals surface area contributed by atoms with Crippen molar-refractivity contribution >= 4 is 35.6 Å². The molecule has 2 atom stereocenters. The number of rotatable bonds is 5. The number of nitrogens with zero attached hydrogens (tertiary/aromatic N) is 2. The average molecular weight is 340 g/mol. The van der Waals surface area contributed by atoms with Crippen LogP contribution in [0.5, 0.6) is 0 Å². The number of imide groups is 2. The number of ether oxygens (including phenoxy) is 2. The van der Waals surface area contributed by atoms with Crippen LogP contribution in [0, 0.1) is 0 Å². The van der Waals surface area contributed by atoms with Crippen molar-refractivity contribution in [3.8, 4) is 0 Å². The highest BCUT2D eigenvalue weighted by molar-refractivity contribution is 6.04. The average Bonchev–Trinajstić information content (AvgIpc) is 2.97. The molecule has 0 aromatic rings. The molecule has 0 aromatic heterocycles. The van der Waals surface area contributed by atoms with Crippen LogP contribution in [0.3, 0.4) is 0 Å². The van der Waals surface area contributed by atoms with Crippen LogP contribution >= 0.6 is 0 Å². The topological polar surface area (TPSA) is 127 Å². The minimum atomic E-state index is -1.71. The predicted molar refractivity (Wildman–Crippen MR) is 73.3 cm³/mol. The van der Waals surface area contributed by atoms with Gasteiger partial charge in [0, 0.05) is 39.5 Å². The molecule has 4 amide bonds. The van der Waals surface area contributed by atoms with Crippen molar-refractivity contribution in [1.29, 1.82) is 0 Å². The first-order valence-electron chi connectivity index (χ1n) is 7.26. The summed E-state index contributed by atoms with van der Waals surface area (Å²) in [6, 6.07) is 0. The maximum Gasteiger partial charge on any atom is 0.304 e. The smallest absolute Gasteiger partial charge is 0.304 e. The third-order valence-corrected chi connectivity index (χ3v) is 3.51. The van der Waals surface area contributed by atoms with E-state index in [4.69, 9.17) is 9.47 Å². The first kappa shape index (κ1) is 17.6. The second-order valence-electron chi connectivity index (χ2n) is 5.31. The fourth-order valence-electron chi connectivity index (χ4n) is 2.57. The number of carbonyl (C=O) groups is 6. The lowest BCUT2D eigenvalue weighted by Gasteiger charge is -2.35. The van der Waals surface area contributed by atoms with Gasteiger partial charge in [-0.15, -0.1) is 0 Å². The molecule has 2 aliphatic rings. The van der Waals surface area contributed by atoms with Gasteiger partial charge in [0.2, 0.25) is 36.1 Å². The fourth-order valence-corrected chi connectivity index (χ4v) is 2.57. The molecule has 2 saturated heterocycles. The van der Waals surface area contributed by atoms with Gasteiger partial charge < -0.3 is 9.47 Å². The van der Waals surface area contributed by atoms with Crippen LogP contribution in [-0.4, -0.2) is 57.8 Å². The van der Waals surface area contributed by atoms with E-state index in [1.165, 1.54) is 0 Å². The standard InChI is InChI=1S/C14H16N2O8/c1-7(17)23-13(15-9(19)3-4-10(15)20)14(24-8(2)18)16-11(21)5-6-12(16)22/h13-14H,3-6H2,1-2H3. The van der Waals surface area contributed by atoms with E-state index in [1.54, 1.807) is 0 Å². The second kappa shape index (κ2) is 6.77. The molecular formula is C14H16N2O8. The zero-order chi connectivity index (χ0) is 18.0. The molecule has 2 rings (SSSR count). The Morgan fingerprint density at radius 2 is 0.958 bits per heavy atom. The highest BCUT2D eigenvalue weighted by Crippen LogP contribution is 2.26. The van der Waals surface area contributed by atoms with Crippen LogP contribution in [0.2, 0.25) is 0 Å². The van der Waals surface area contributed by atoms with E-state index in [1.807, 2.05) is 0 Å². The normalized spacial score (nSPS) is 20.4. The number of hydrogen-bond donors (Lipinski definition) is 0. The van der Waals surface area contributed by atoms with Gasteiger partial charge in [0.05, 0.1) is 0 Å². The lowest BCUT2D eigenvalue weighted by atomic mass is 10.3. The summed E-state index contributed by atoms with van der Waals surface area (Å²) in [7, 11) is 0. The molecule has 2 aliphatic heterocycles. The van der Waals surface area contributed by atoms with Gasteiger partial charge in [0.1, 0.15) is 0 Å². The molecule has 24 heavy (non-hydrogen) atoms. The summed E-state index contributed by atoms with van der Waals surface area (Å²) < 4.78 is 9.94. The van der Waals surface area contributed by atoms with Crippen molar-refractivity contribution in [2.45, 2.75) is 52.0 Å². The third-order valence-electron chi connectivity index (χ3n) is 3.51. The zero-order valence-electron chi connectivity index (χ0n) is 13.1. The van der Waals surface area contributed by atoms with Crippen molar-refractivity contribution in [2.75, 3.05) is 0 Å². The minimum Gasteiger partial charge on any atom is -0.435 e. The molecule has 0 N–H and O–H groups in total. The van der Waals surface area contributed by atoms with Gasteiger partial charge in [-0.05, 0) is 0 Å². The Labute approximate surface area is 136 Å². The number of amides is 4. The quantitative estimate of drug-likeness (QED) is 0.463. The van der Waals surface area contributed by atoms with Gasteiger partial charge in [0.15, 0.2) is 0 Å². The van der Waals surface area contributed by atoms with Crippen molar-refractivity contribution in [3.05, 3.63) is 0 Å². The molecule has 0 bridgehead atoms. The van der Waals surface area contributed by atoms with E-state index in [0.717, 1.165) is 13.8 Å². The van der Waals surface area contributed by atoms with E-state index in [-0.39, 0.29) is 25.7 Å². The fraction of sp³-hybridized carbons (Fsp3) is 0.571. The maximum atomic E-state index is 12.0. The molecule has 2 heterocycles. The Balaban J connectivity index is 2.43. The van der Waals surface area contributed by atoms with Crippen molar-refractivity contribution < 1.29 is 38.2 Å². The molecule has 10 heteroatoms. The Morgan fingerprint density at radius 1 is 0.708 bits per heavy atom. The Morgan fingerprint density at radius 3 is 1.17 bits per heavy atom. The minimum absolute atomic E-state index is 0.106.